The molecule has 8 atom stereocenters. The Morgan fingerprint density at radius 3 is 2.76 bits per heavy atom. The van der Waals surface area contributed by atoms with Gasteiger partial charge in [-0.3, -0.25) is 0 Å². The summed E-state index contributed by atoms with van der Waals surface area (Å²) < 4.78 is 13.1. The summed E-state index contributed by atoms with van der Waals surface area (Å²) >= 11 is 0. The molecule has 1 aromatic heterocycles. The molecule has 3 saturated carbocycles. The largest absolute Gasteiger partial charge is 0.393 e. The number of fused-ring (bicyclic) bond motifs is 3. The zero-order chi connectivity index (χ0) is 23.6. The predicted molar refractivity (Wildman–Crippen MR) is 131 cm³/mol. The lowest BCUT2D eigenvalue weighted by atomic mass is 9.52. The highest BCUT2D eigenvalue weighted by molar-refractivity contribution is 5.12. The van der Waals surface area contributed by atoms with Crippen LogP contribution >= 0.6 is 0 Å². The molecule has 0 aromatic carbocycles. The standard InChI is InChI=1S/C29H46FNO2/c1-4-5-6-23(32)18-21-7-9-24-22(17-21)14-15-28(2)25(24)10-11-26(28)29(3,33)16-13-20-8-12-27(30)31-19-20/h8,12,19,21-26,32-33H,4-7,9-11,13-18H2,1-3H3/t21?,22-,23+,24-,25+,26+,28+,29-/m1/s1. The molecule has 2 N–H and O–H groups in total. The number of nitrogens with zero attached hydrogens (tertiary/aromatic N) is 1. The van der Waals surface area contributed by atoms with Gasteiger partial charge < -0.3 is 10.2 Å². The van der Waals surface area contributed by atoms with Crippen molar-refractivity contribution < 1.29 is 14.6 Å². The molecule has 0 spiro atoms. The van der Waals surface area contributed by atoms with E-state index in [1.165, 1.54) is 51.0 Å². The van der Waals surface area contributed by atoms with E-state index in [-0.39, 0.29) is 11.5 Å². The number of aryl methyl sites for hydroxylation is 1. The highest BCUT2D eigenvalue weighted by Crippen LogP contribution is 2.64. The van der Waals surface area contributed by atoms with Crippen molar-refractivity contribution in [3.05, 3.63) is 29.8 Å². The van der Waals surface area contributed by atoms with Crippen LogP contribution in [0.3, 0.4) is 0 Å². The summed E-state index contributed by atoms with van der Waals surface area (Å²) in [5.41, 5.74) is 0.518. The third kappa shape index (κ3) is 5.48. The van der Waals surface area contributed by atoms with Gasteiger partial charge in [0.15, 0.2) is 0 Å². The molecular weight excluding hydrogens is 413 g/mol. The molecule has 0 amide bonds. The van der Waals surface area contributed by atoms with Crippen molar-refractivity contribution in [2.24, 2.45) is 35.0 Å². The van der Waals surface area contributed by atoms with Crippen LogP contribution in [0, 0.1) is 41.0 Å². The molecule has 1 unspecified atom stereocenters. The summed E-state index contributed by atoms with van der Waals surface area (Å²) in [7, 11) is 0. The van der Waals surface area contributed by atoms with Crippen LogP contribution in [0.1, 0.15) is 103 Å². The Morgan fingerprint density at radius 2 is 2.03 bits per heavy atom. The molecule has 0 radical (unpaired) electrons. The van der Waals surface area contributed by atoms with E-state index in [0.717, 1.165) is 55.4 Å². The van der Waals surface area contributed by atoms with Gasteiger partial charge in [0.05, 0.1) is 11.7 Å². The van der Waals surface area contributed by atoms with Crippen LogP contribution in [-0.4, -0.2) is 26.9 Å². The summed E-state index contributed by atoms with van der Waals surface area (Å²) in [5.74, 6) is 2.93. The summed E-state index contributed by atoms with van der Waals surface area (Å²) in [4.78, 5) is 3.78. The molecule has 1 aromatic rings. The van der Waals surface area contributed by atoms with Gasteiger partial charge in [-0.1, -0.05) is 39.2 Å². The van der Waals surface area contributed by atoms with Gasteiger partial charge in [0.1, 0.15) is 0 Å². The summed E-state index contributed by atoms with van der Waals surface area (Å²) in [6.07, 6.45) is 16.0. The molecule has 4 rings (SSSR count). The third-order valence-electron chi connectivity index (χ3n) is 10.1. The Balaban J connectivity index is 1.36. The fourth-order valence-corrected chi connectivity index (χ4v) is 8.37. The lowest BCUT2D eigenvalue weighted by Crippen LogP contribution is -2.49. The number of unbranched alkanes of at least 4 members (excludes halogenated alkanes) is 1. The maximum Gasteiger partial charge on any atom is 0.212 e. The van der Waals surface area contributed by atoms with Crippen LogP contribution in [0.4, 0.5) is 4.39 Å². The van der Waals surface area contributed by atoms with Crippen LogP contribution in [0.2, 0.25) is 0 Å². The first-order valence-corrected chi connectivity index (χ1v) is 13.7. The van der Waals surface area contributed by atoms with Gasteiger partial charge >= 0.3 is 0 Å². The van der Waals surface area contributed by atoms with Gasteiger partial charge in [-0.25, -0.2) is 4.98 Å². The fourth-order valence-electron chi connectivity index (χ4n) is 8.37. The van der Waals surface area contributed by atoms with E-state index in [2.05, 4.69) is 18.8 Å². The van der Waals surface area contributed by atoms with Gasteiger partial charge in [0.2, 0.25) is 5.95 Å². The van der Waals surface area contributed by atoms with E-state index < -0.39 is 11.5 Å². The van der Waals surface area contributed by atoms with Gasteiger partial charge in [0.25, 0.3) is 0 Å². The summed E-state index contributed by atoms with van der Waals surface area (Å²) in [6, 6.07) is 3.21. The molecule has 0 bridgehead atoms. The quantitative estimate of drug-likeness (QED) is 0.404. The minimum Gasteiger partial charge on any atom is -0.393 e. The average Bonchev–Trinajstić information content (AvgIpc) is 3.15. The monoisotopic (exact) mass is 459 g/mol. The van der Waals surface area contributed by atoms with Crippen LogP contribution in [-0.2, 0) is 6.42 Å². The van der Waals surface area contributed by atoms with Gasteiger partial charge in [-0.15, -0.1) is 0 Å². The topological polar surface area (TPSA) is 53.4 Å². The molecule has 0 saturated heterocycles. The fraction of sp³-hybridized carbons (Fsp3) is 0.828. The predicted octanol–water partition coefficient (Wildman–Crippen LogP) is 6.70. The van der Waals surface area contributed by atoms with Crippen molar-refractivity contribution in [2.75, 3.05) is 0 Å². The highest BCUT2D eigenvalue weighted by Gasteiger charge is 2.58. The maximum absolute atomic E-state index is 13.1. The number of rotatable bonds is 9. The highest BCUT2D eigenvalue weighted by atomic mass is 19.1. The zero-order valence-electron chi connectivity index (χ0n) is 21.1. The molecular formula is C29H46FNO2. The summed E-state index contributed by atoms with van der Waals surface area (Å²) in [5, 5.41) is 22.1. The van der Waals surface area contributed by atoms with E-state index >= 15 is 0 Å². The second-order valence-corrected chi connectivity index (χ2v) is 12.3. The molecule has 3 aliphatic carbocycles. The lowest BCUT2D eigenvalue weighted by molar-refractivity contribution is -0.0970. The van der Waals surface area contributed by atoms with E-state index in [9.17, 15) is 14.6 Å². The number of hydrogen-bond donors (Lipinski definition) is 2. The first-order valence-electron chi connectivity index (χ1n) is 13.7. The molecule has 33 heavy (non-hydrogen) atoms. The van der Waals surface area contributed by atoms with Crippen LogP contribution in [0.25, 0.3) is 0 Å². The van der Waals surface area contributed by atoms with Crippen LogP contribution in [0.15, 0.2) is 18.3 Å². The Hall–Kier alpha value is -1.00. The van der Waals surface area contributed by atoms with Gasteiger partial charge in [-0.05, 0) is 118 Å². The Kier molecular flexibility index (Phi) is 7.85. The lowest BCUT2D eigenvalue weighted by Gasteiger charge is -2.54. The SMILES string of the molecule is CCCC[C@H](O)CC1CC[C@@H]2[C@H](CC[C@@]3(C)[C@H]2CC[C@@H]3[C@](C)(O)CCc2ccc(F)nc2)C1. The number of aliphatic hydroxyl groups excluding tert-OH is 1. The number of pyridine rings is 1. The molecule has 1 heterocycles. The number of halogens is 1. The maximum atomic E-state index is 13.1. The van der Waals surface area contributed by atoms with Gasteiger partial charge in [-0.2, -0.15) is 4.39 Å². The minimum absolute atomic E-state index is 0.109. The number of aromatic nitrogens is 1. The van der Waals surface area contributed by atoms with E-state index in [1.807, 2.05) is 6.92 Å². The zero-order valence-corrected chi connectivity index (χ0v) is 21.1. The van der Waals surface area contributed by atoms with Crippen molar-refractivity contribution in [3.63, 3.8) is 0 Å². The van der Waals surface area contributed by atoms with Crippen molar-refractivity contribution in [1.29, 1.82) is 0 Å². The van der Waals surface area contributed by atoms with E-state index in [0.29, 0.717) is 18.3 Å². The minimum atomic E-state index is -0.703. The summed E-state index contributed by atoms with van der Waals surface area (Å²) in [6.45, 7) is 6.71. The van der Waals surface area contributed by atoms with Crippen LogP contribution in [0.5, 0.6) is 0 Å². The first kappa shape index (κ1) is 25.1. The van der Waals surface area contributed by atoms with E-state index in [4.69, 9.17) is 0 Å². The van der Waals surface area contributed by atoms with Gasteiger partial charge in [0, 0.05) is 6.20 Å². The number of hydrogen-bond acceptors (Lipinski definition) is 3. The molecule has 0 aliphatic heterocycles. The van der Waals surface area contributed by atoms with Crippen LogP contribution < -0.4 is 0 Å². The number of aliphatic hydroxyl groups is 2. The van der Waals surface area contributed by atoms with E-state index in [1.54, 1.807) is 12.3 Å². The molecule has 186 valence electrons. The first-order chi connectivity index (χ1) is 15.7. The second-order valence-electron chi connectivity index (χ2n) is 12.3. The third-order valence-corrected chi connectivity index (χ3v) is 10.1. The second kappa shape index (κ2) is 10.3. The normalized spacial score (nSPS) is 36.6. The average molecular weight is 460 g/mol. The van der Waals surface area contributed by atoms with Crippen molar-refractivity contribution >= 4 is 0 Å². The molecule has 4 heteroatoms. The van der Waals surface area contributed by atoms with Crippen molar-refractivity contribution in [3.8, 4) is 0 Å². The Bertz CT molecular complexity index is 765. The Labute approximate surface area is 200 Å². The van der Waals surface area contributed by atoms with Crippen molar-refractivity contribution in [2.45, 2.75) is 116 Å². The molecule has 3 aliphatic rings. The molecule has 3 fully saturated rings. The molecule has 3 nitrogen and oxygen atoms in total. The smallest absolute Gasteiger partial charge is 0.212 e. The Morgan fingerprint density at radius 1 is 1.21 bits per heavy atom. The van der Waals surface area contributed by atoms with Crippen molar-refractivity contribution in [1.82, 2.24) is 4.98 Å².